The highest BCUT2D eigenvalue weighted by molar-refractivity contribution is 7.98. The maximum atomic E-state index is 5.50. The zero-order valence-corrected chi connectivity index (χ0v) is 16.5. The van der Waals surface area contributed by atoms with E-state index in [0.717, 1.165) is 31.0 Å². The lowest BCUT2D eigenvalue weighted by atomic mass is 10.2. The van der Waals surface area contributed by atoms with Crippen LogP contribution >= 0.6 is 24.0 Å². The maximum Gasteiger partial charge on any atom is 0.170 e. The molecule has 0 atom stereocenters. The van der Waals surface area contributed by atoms with Crippen molar-refractivity contribution in [3.63, 3.8) is 0 Å². The van der Waals surface area contributed by atoms with E-state index in [1.165, 1.54) is 10.5 Å². The molecule has 2 rings (SSSR count). The Morgan fingerprint density at radius 1 is 1.08 bits per heavy atom. The third-order valence-electron chi connectivity index (χ3n) is 3.42. The highest BCUT2D eigenvalue weighted by Gasteiger charge is 2.00. The van der Waals surface area contributed by atoms with Crippen LogP contribution in [0.5, 0.6) is 0 Å². The molecule has 0 fully saturated rings. The first kappa shape index (κ1) is 19.8. The summed E-state index contributed by atoms with van der Waals surface area (Å²) in [5.74, 6) is 0.961. The van der Waals surface area contributed by atoms with Gasteiger partial charge in [-0.3, -0.25) is 0 Å². The topological polar surface area (TPSA) is 33.3 Å². The van der Waals surface area contributed by atoms with Crippen molar-refractivity contribution in [1.29, 1.82) is 0 Å². The summed E-state index contributed by atoms with van der Waals surface area (Å²) in [6, 6.07) is 18.9. The third kappa shape index (κ3) is 8.38. The van der Waals surface area contributed by atoms with E-state index in [9.17, 15) is 0 Å². The van der Waals surface area contributed by atoms with E-state index in [2.05, 4.69) is 59.2 Å². The van der Waals surface area contributed by atoms with Gasteiger partial charge in [-0.05, 0) is 62.3 Å². The van der Waals surface area contributed by atoms with Gasteiger partial charge < -0.3 is 15.4 Å². The summed E-state index contributed by atoms with van der Waals surface area (Å²) in [7, 11) is 0. The molecule has 0 bridgehead atoms. The van der Waals surface area contributed by atoms with Gasteiger partial charge in [-0.2, -0.15) is 0 Å². The summed E-state index contributed by atoms with van der Waals surface area (Å²) >= 11 is 7.16. The number of thioether (sulfide) groups is 1. The smallest absolute Gasteiger partial charge is 0.170 e. The SMILES string of the molecule is CC(C)OCCCNC(=S)Nc1ccc(CSc2ccccc2)cc1. The lowest BCUT2D eigenvalue weighted by Gasteiger charge is -2.12. The Hall–Kier alpha value is -1.56. The predicted molar refractivity (Wildman–Crippen MR) is 112 cm³/mol. The molecule has 5 heteroatoms. The number of anilines is 1. The molecule has 0 spiro atoms. The van der Waals surface area contributed by atoms with E-state index in [-0.39, 0.29) is 6.10 Å². The molecule has 2 aromatic rings. The van der Waals surface area contributed by atoms with Crippen LogP contribution in [-0.2, 0) is 10.5 Å². The first-order chi connectivity index (χ1) is 12.1. The number of hydrogen-bond donors (Lipinski definition) is 2. The number of nitrogens with one attached hydrogen (secondary N) is 2. The van der Waals surface area contributed by atoms with E-state index in [0.29, 0.717) is 5.11 Å². The summed E-state index contributed by atoms with van der Waals surface area (Å²) in [4.78, 5) is 1.29. The lowest BCUT2D eigenvalue weighted by Crippen LogP contribution is -2.29. The fraction of sp³-hybridized carbons (Fsp3) is 0.350. The first-order valence-electron chi connectivity index (χ1n) is 8.57. The standard InChI is InChI=1S/C20H26N2OS2/c1-16(2)23-14-6-13-21-20(24)22-18-11-9-17(10-12-18)15-25-19-7-4-3-5-8-19/h3-5,7-12,16H,6,13-15H2,1-2H3,(H2,21,22,24). The normalized spacial score (nSPS) is 10.7. The Labute approximate surface area is 160 Å². The second-order valence-corrected chi connectivity index (χ2v) is 7.41. The quantitative estimate of drug-likeness (QED) is 0.363. The zero-order chi connectivity index (χ0) is 17.9. The average Bonchev–Trinajstić information content (AvgIpc) is 2.61. The number of benzene rings is 2. The molecular formula is C20H26N2OS2. The van der Waals surface area contributed by atoms with Crippen molar-refractivity contribution in [2.75, 3.05) is 18.5 Å². The summed E-state index contributed by atoms with van der Waals surface area (Å²) in [6.45, 7) is 5.65. The molecule has 0 aliphatic rings. The Bertz CT molecular complexity index is 630. The minimum Gasteiger partial charge on any atom is -0.379 e. The molecule has 0 heterocycles. The Balaban J connectivity index is 1.68. The third-order valence-corrected chi connectivity index (χ3v) is 4.75. The van der Waals surface area contributed by atoms with Gasteiger partial charge in [0.15, 0.2) is 5.11 Å². The number of thiocarbonyl (C=S) groups is 1. The van der Waals surface area contributed by atoms with Crippen LogP contribution in [0.25, 0.3) is 0 Å². The van der Waals surface area contributed by atoms with Crippen LogP contribution in [0.2, 0.25) is 0 Å². The molecule has 2 aromatic carbocycles. The molecule has 2 N–H and O–H groups in total. The van der Waals surface area contributed by atoms with Crippen molar-refractivity contribution < 1.29 is 4.74 Å². The molecule has 134 valence electrons. The average molecular weight is 375 g/mol. The van der Waals surface area contributed by atoms with E-state index in [1.807, 2.05) is 31.7 Å². The van der Waals surface area contributed by atoms with Gasteiger partial charge in [-0.25, -0.2) is 0 Å². The van der Waals surface area contributed by atoms with Crippen molar-refractivity contribution in [3.8, 4) is 0 Å². The molecule has 0 amide bonds. The van der Waals surface area contributed by atoms with Crippen molar-refractivity contribution >= 4 is 34.8 Å². The Morgan fingerprint density at radius 3 is 2.48 bits per heavy atom. The molecule has 25 heavy (non-hydrogen) atoms. The molecule has 0 saturated heterocycles. The first-order valence-corrected chi connectivity index (χ1v) is 9.96. The van der Waals surface area contributed by atoms with E-state index >= 15 is 0 Å². The maximum absolute atomic E-state index is 5.50. The molecule has 0 aromatic heterocycles. The van der Waals surface area contributed by atoms with Crippen molar-refractivity contribution in [3.05, 3.63) is 60.2 Å². The van der Waals surface area contributed by atoms with Crippen molar-refractivity contribution in [2.24, 2.45) is 0 Å². The zero-order valence-electron chi connectivity index (χ0n) is 14.8. The minimum atomic E-state index is 0.281. The fourth-order valence-electron chi connectivity index (χ4n) is 2.14. The highest BCUT2D eigenvalue weighted by Crippen LogP contribution is 2.23. The van der Waals surface area contributed by atoms with Crippen LogP contribution in [0.15, 0.2) is 59.5 Å². The molecule has 0 aliphatic heterocycles. The second kappa shape index (κ2) is 11.1. The molecule has 0 aliphatic carbocycles. The molecular weight excluding hydrogens is 348 g/mol. The minimum absolute atomic E-state index is 0.281. The van der Waals surface area contributed by atoms with Crippen molar-refractivity contribution in [1.82, 2.24) is 5.32 Å². The van der Waals surface area contributed by atoms with Crippen LogP contribution in [-0.4, -0.2) is 24.4 Å². The Kier molecular flexibility index (Phi) is 8.80. The number of ether oxygens (including phenoxy) is 1. The van der Waals surface area contributed by atoms with Gasteiger partial charge in [0, 0.05) is 29.5 Å². The number of hydrogen-bond acceptors (Lipinski definition) is 3. The monoisotopic (exact) mass is 374 g/mol. The lowest BCUT2D eigenvalue weighted by molar-refractivity contribution is 0.0777. The van der Waals surface area contributed by atoms with Gasteiger partial charge in [-0.15, -0.1) is 11.8 Å². The van der Waals surface area contributed by atoms with E-state index in [4.69, 9.17) is 17.0 Å². The van der Waals surface area contributed by atoms with Crippen LogP contribution in [0.1, 0.15) is 25.8 Å². The van der Waals surface area contributed by atoms with Gasteiger partial charge in [0.05, 0.1) is 6.10 Å². The summed E-state index contributed by atoms with van der Waals surface area (Å²) in [6.07, 6.45) is 1.22. The van der Waals surface area contributed by atoms with Crippen LogP contribution in [0, 0.1) is 0 Å². The van der Waals surface area contributed by atoms with E-state index < -0.39 is 0 Å². The summed E-state index contributed by atoms with van der Waals surface area (Å²) in [5, 5.41) is 7.07. The van der Waals surface area contributed by atoms with Gasteiger partial charge in [-0.1, -0.05) is 30.3 Å². The van der Waals surface area contributed by atoms with Gasteiger partial charge in [0.2, 0.25) is 0 Å². The summed E-state index contributed by atoms with van der Waals surface area (Å²) in [5.41, 5.74) is 2.30. The molecule has 0 saturated carbocycles. The molecule has 0 radical (unpaired) electrons. The van der Waals surface area contributed by atoms with Gasteiger partial charge in [0.25, 0.3) is 0 Å². The van der Waals surface area contributed by atoms with E-state index in [1.54, 1.807) is 0 Å². The molecule has 3 nitrogen and oxygen atoms in total. The van der Waals surface area contributed by atoms with Crippen molar-refractivity contribution in [2.45, 2.75) is 37.0 Å². The largest absolute Gasteiger partial charge is 0.379 e. The predicted octanol–water partition coefficient (Wildman–Crippen LogP) is 5.08. The summed E-state index contributed by atoms with van der Waals surface area (Å²) < 4.78 is 5.50. The number of rotatable bonds is 9. The van der Waals surface area contributed by atoms with Crippen LogP contribution in [0.3, 0.4) is 0 Å². The fourth-order valence-corrected chi connectivity index (χ4v) is 3.23. The Morgan fingerprint density at radius 2 is 1.80 bits per heavy atom. The van der Waals surface area contributed by atoms with Gasteiger partial charge >= 0.3 is 0 Å². The molecule has 0 unspecified atom stereocenters. The van der Waals surface area contributed by atoms with Gasteiger partial charge in [0.1, 0.15) is 0 Å². The second-order valence-electron chi connectivity index (χ2n) is 5.95. The highest BCUT2D eigenvalue weighted by atomic mass is 32.2. The van der Waals surface area contributed by atoms with Crippen LogP contribution in [0.4, 0.5) is 5.69 Å². The van der Waals surface area contributed by atoms with Crippen LogP contribution < -0.4 is 10.6 Å².